The smallest absolute Gasteiger partial charge is 0.250 e. The Kier molecular flexibility index (Phi) is 5.54. The summed E-state index contributed by atoms with van der Waals surface area (Å²) >= 11 is 1.30. The van der Waals surface area contributed by atoms with Crippen molar-refractivity contribution in [1.82, 2.24) is 9.97 Å². The van der Waals surface area contributed by atoms with Gasteiger partial charge in [0.05, 0.1) is 22.3 Å². The molecule has 2 amide bonds. The fourth-order valence-corrected chi connectivity index (χ4v) is 4.46. The number of hydrogen-bond donors (Lipinski definition) is 1. The fraction of sp³-hybridized carbons (Fsp3) is 0.250. The van der Waals surface area contributed by atoms with Crippen LogP contribution in [-0.4, -0.2) is 32.6 Å². The Morgan fingerprint density at radius 3 is 2.48 bits per heavy atom. The van der Waals surface area contributed by atoms with Crippen LogP contribution in [0.1, 0.15) is 26.5 Å². The quantitative estimate of drug-likeness (QED) is 0.478. The van der Waals surface area contributed by atoms with Crippen molar-refractivity contribution in [3.63, 3.8) is 0 Å². The third-order valence-corrected chi connectivity index (χ3v) is 6.21. The number of nitrogens with zero attached hydrogens (tertiary/aromatic N) is 3. The van der Waals surface area contributed by atoms with Crippen LogP contribution in [0.15, 0.2) is 65.8 Å². The first-order chi connectivity index (χ1) is 14.8. The predicted octanol–water partition coefficient (Wildman–Crippen LogP) is 4.70. The third kappa shape index (κ3) is 4.05. The van der Waals surface area contributed by atoms with Crippen molar-refractivity contribution in [2.24, 2.45) is 0 Å². The molecule has 4 rings (SSSR count). The number of aromatic nitrogens is 2. The molecule has 0 bridgehead atoms. The number of nitrogens with one attached hydrogen (secondary N) is 1. The number of fused-ring (bicyclic) bond motifs is 1. The summed E-state index contributed by atoms with van der Waals surface area (Å²) in [6.07, 6.45) is 0. The van der Waals surface area contributed by atoms with Gasteiger partial charge in [-0.15, -0.1) is 0 Å². The fourth-order valence-electron chi connectivity index (χ4n) is 3.59. The van der Waals surface area contributed by atoms with Crippen molar-refractivity contribution in [2.45, 2.75) is 43.6 Å². The molecule has 1 unspecified atom stereocenters. The van der Waals surface area contributed by atoms with Gasteiger partial charge in [-0.2, -0.15) is 0 Å². The van der Waals surface area contributed by atoms with Crippen molar-refractivity contribution in [3.05, 3.63) is 66.4 Å². The third-order valence-electron chi connectivity index (χ3n) is 5.26. The van der Waals surface area contributed by atoms with Crippen LogP contribution < -0.4 is 10.2 Å². The topological polar surface area (TPSA) is 75.2 Å². The Morgan fingerprint density at radius 2 is 1.74 bits per heavy atom. The molecule has 158 valence electrons. The zero-order valence-corrected chi connectivity index (χ0v) is 18.7. The van der Waals surface area contributed by atoms with Gasteiger partial charge in [0.1, 0.15) is 5.54 Å². The Bertz CT molecular complexity index is 1150. The summed E-state index contributed by atoms with van der Waals surface area (Å²) in [5, 5.41) is 2.94. The van der Waals surface area contributed by atoms with Crippen LogP contribution in [0.2, 0.25) is 0 Å². The standard InChI is InChI=1S/C24H24N4O2S/c1-15-14-19(17-10-6-5-7-11-17)27-23(25-15)31-16(2)21(29)28-20-13-9-8-12-18(20)26-22(30)24(28,3)4/h5-14,16H,1-4H3,(H,26,30). The number of benzene rings is 2. The van der Waals surface area contributed by atoms with E-state index in [9.17, 15) is 9.59 Å². The minimum absolute atomic E-state index is 0.163. The number of aryl methyl sites for hydroxylation is 1. The van der Waals surface area contributed by atoms with Crippen LogP contribution in [0, 0.1) is 6.92 Å². The molecule has 1 atom stereocenters. The predicted molar refractivity (Wildman–Crippen MR) is 124 cm³/mol. The van der Waals surface area contributed by atoms with Crippen molar-refractivity contribution >= 4 is 35.0 Å². The molecule has 3 aromatic rings. The van der Waals surface area contributed by atoms with E-state index in [1.54, 1.807) is 24.8 Å². The van der Waals surface area contributed by atoms with E-state index in [4.69, 9.17) is 0 Å². The van der Waals surface area contributed by atoms with Crippen LogP contribution in [0.3, 0.4) is 0 Å². The van der Waals surface area contributed by atoms with E-state index in [0.29, 0.717) is 16.5 Å². The molecule has 0 spiro atoms. The number of amides is 2. The second-order valence-corrected chi connectivity index (χ2v) is 9.32. The van der Waals surface area contributed by atoms with E-state index in [-0.39, 0.29) is 11.8 Å². The van der Waals surface area contributed by atoms with E-state index in [1.807, 2.05) is 68.4 Å². The molecule has 0 fully saturated rings. The number of rotatable bonds is 4. The van der Waals surface area contributed by atoms with Crippen molar-refractivity contribution in [1.29, 1.82) is 0 Å². The van der Waals surface area contributed by atoms with Gasteiger partial charge in [0, 0.05) is 11.3 Å². The van der Waals surface area contributed by atoms with Gasteiger partial charge in [0.15, 0.2) is 5.16 Å². The van der Waals surface area contributed by atoms with Gasteiger partial charge in [-0.1, -0.05) is 54.2 Å². The minimum Gasteiger partial charge on any atom is -0.322 e. The summed E-state index contributed by atoms with van der Waals surface area (Å²) in [4.78, 5) is 37.0. The second-order valence-electron chi connectivity index (χ2n) is 8.01. The van der Waals surface area contributed by atoms with E-state index in [1.165, 1.54) is 11.8 Å². The molecule has 0 aliphatic carbocycles. The van der Waals surface area contributed by atoms with Gasteiger partial charge in [-0.05, 0) is 45.9 Å². The molecular formula is C24H24N4O2S. The normalized spacial score (nSPS) is 15.7. The Hall–Kier alpha value is -3.19. The Morgan fingerprint density at radius 1 is 1.06 bits per heavy atom. The summed E-state index contributed by atoms with van der Waals surface area (Å²) in [5.74, 6) is -0.376. The first kappa shape index (κ1) is 21.1. The van der Waals surface area contributed by atoms with Gasteiger partial charge in [-0.25, -0.2) is 9.97 Å². The molecule has 6 nitrogen and oxygen atoms in total. The Labute approximate surface area is 186 Å². The summed E-state index contributed by atoms with van der Waals surface area (Å²) in [6.45, 7) is 7.25. The summed E-state index contributed by atoms with van der Waals surface area (Å²) in [5.41, 5.74) is 2.97. The van der Waals surface area contributed by atoms with Crippen LogP contribution in [0.25, 0.3) is 11.3 Å². The molecule has 0 saturated heterocycles. The molecule has 1 N–H and O–H groups in total. The largest absolute Gasteiger partial charge is 0.322 e. The highest BCUT2D eigenvalue weighted by molar-refractivity contribution is 8.00. The molecule has 1 aliphatic rings. The maximum atomic E-state index is 13.5. The number of para-hydroxylation sites is 2. The lowest BCUT2D eigenvalue weighted by molar-refractivity contribution is -0.126. The van der Waals surface area contributed by atoms with Crippen LogP contribution >= 0.6 is 11.8 Å². The lowest BCUT2D eigenvalue weighted by atomic mass is 9.96. The van der Waals surface area contributed by atoms with Gasteiger partial charge in [0.25, 0.3) is 0 Å². The average Bonchev–Trinajstić information content (AvgIpc) is 2.74. The number of anilines is 2. The highest BCUT2D eigenvalue weighted by Crippen LogP contribution is 2.38. The summed E-state index contributed by atoms with van der Waals surface area (Å²) in [7, 11) is 0. The first-order valence-corrected chi connectivity index (χ1v) is 11.0. The highest BCUT2D eigenvalue weighted by atomic mass is 32.2. The Balaban J connectivity index is 1.64. The molecule has 7 heteroatoms. The summed E-state index contributed by atoms with van der Waals surface area (Å²) < 4.78 is 0. The monoisotopic (exact) mass is 432 g/mol. The molecular weight excluding hydrogens is 408 g/mol. The van der Waals surface area contributed by atoms with Gasteiger partial charge >= 0.3 is 0 Å². The zero-order chi connectivity index (χ0) is 22.2. The number of hydrogen-bond acceptors (Lipinski definition) is 5. The van der Waals surface area contributed by atoms with Crippen LogP contribution in [0.5, 0.6) is 0 Å². The molecule has 0 radical (unpaired) electrons. The minimum atomic E-state index is -1.01. The molecule has 31 heavy (non-hydrogen) atoms. The summed E-state index contributed by atoms with van der Waals surface area (Å²) in [6, 6.07) is 19.2. The van der Waals surface area contributed by atoms with Crippen molar-refractivity contribution in [2.75, 3.05) is 10.2 Å². The maximum absolute atomic E-state index is 13.5. The van der Waals surface area contributed by atoms with E-state index in [0.717, 1.165) is 17.0 Å². The average molecular weight is 433 g/mol. The maximum Gasteiger partial charge on any atom is 0.250 e. The number of carbonyl (C=O) groups is 2. The molecule has 2 heterocycles. The molecule has 1 aliphatic heterocycles. The van der Waals surface area contributed by atoms with Crippen molar-refractivity contribution in [3.8, 4) is 11.3 Å². The number of carbonyl (C=O) groups excluding carboxylic acids is 2. The molecule has 1 aromatic heterocycles. The lowest BCUT2D eigenvalue weighted by Crippen LogP contribution is -2.60. The van der Waals surface area contributed by atoms with Crippen molar-refractivity contribution < 1.29 is 9.59 Å². The SMILES string of the molecule is Cc1cc(-c2ccccc2)nc(SC(C)C(=O)N2c3ccccc3NC(=O)C2(C)C)n1. The lowest BCUT2D eigenvalue weighted by Gasteiger charge is -2.43. The molecule has 2 aromatic carbocycles. The van der Waals surface area contributed by atoms with Crippen LogP contribution in [0.4, 0.5) is 11.4 Å². The van der Waals surface area contributed by atoms with Gasteiger partial charge < -0.3 is 5.32 Å². The first-order valence-electron chi connectivity index (χ1n) is 10.1. The zero-order valence-electron chi connectivity index (χ0n) is 17.9. The van der Waals surface area contributed by atoms with E-state index in [2.05, 4.69) is 15.3 Å². The second kappa shape index (κ2) is 8.15. The van der Waals surface area contributed by atoms with Gasteiger partial charge in [-0.3, -0.25) is 14.5 Å². The van der Waals surface area contributed by atoms with E-state index >= 15 is 0 Å². The number of thioether (sulfide) groups is 1. The van der Waals surface area contributed by atoms with E-state index < -0.39 is 10.8 Å². The molecule has 0 saturated carbocycles. The van der Waals surface area contributed by atoms with Crippen LogP contribution in [-0.2, 0) is 9.59 Å². The highest BCUT2D eigenvalue weighted by Gasteiger charge is 2.44. The van der Waals surface area contributed by atoms with Gasteiger partial charge in [0.2, 0.25) is 11.8 Å².